The Morgan fingerprint density at radius 2 is 1.86 bits per heavy atom. The number of ether oxygens (including phenoxy) is 1. The molecule has 3 amide bonds. The third-order valence-corrected chi connectivity index (χ3v) is 17.1. The molecule has 2 fully saturated rings. The number of aromatic nitrogens is 5. The fraction of sp³-hybridized carbons (Fsp3) is 0.382. The summed E-state index contributed by atoms with van der Waals surface area (Å²) in [5, 5.41) is 21.6. The number of aliphatic hydroxyl groups excluding tert-OH is 1. The number of likely N-dealkylation sites (tertiary alicyclic amines) is 2. The number of amidine groups is 1. The molecule has 24 heteroatoms. The van der Waals surface area contributed by atoms with Gasteiger partial charge >= 0.3 is 0 Å². The zero-order valence-electron chi connectivity index (χ0n) is 44.0. The number of H-pyrrole nitrogens is 1. The van der Waals surface area contributed by atoms with Crippen molar-refractivity contribution in [3.63, 3.8) is 0 Å². The Balaban J connectivity index is 0.760. The summed E-state index contributed by atoms with van der Waals surface area (Å²) in [6, 6.07) is 11.9. The van der Waals surface area contributed by atoms with Crippen molar-refractivity contribution in [1.29, 1.82) is 0 Å². The molecule has 2 saturated heterocycles. The van der Waals surface area contributed by atoms with E-state index in [1.165, 1.54) is 26.9 Å². The molecule has 1 unspecified atom stereocenters. The summed E-state index contributed by atoms with van der Waals surface area (Å²) in [6.07, 6.45) is 5.05. The highest BCUT2D eigenvalue weighted by Gasteiger charge is 2.48. The first kappa shape index (κ1) is 53.3. The predicted molar refractivity (Wildman–Crippen MR) is 291 cm³/mol. The van der Waals surface area contributed by atoms with Crippen LogP contribution in [0.3, 0.4) is 0 Å². The summed E-state index contributed by atoms with van der Waals surface area (Å²) in [5.74, 6) is -4.19. The van der Waals surface area contributed by atoms with Crippen molar-refractivity contribution in [2.45, 2.75) is 82.5 Å². The molecule has 0 saturated carbocycles. The van der Waals surface area contributed by atoms with Crippen molar-refractivity contribution in [1.82, 2.24) is 45.1 Å². The van der Waals surface area contributed by atoms with Crippen LogP contribution in [0.15, 0.2) is 86.9 Å². The molecule has 4 N–H and O–H groups in total. The molecular weight excluding hydrogens is 1060 g/mol. The minimum absolute atomic E-state index is 0.0244. The van der Waals surface area contributed by atoms with E-state index in [2.05, 4.69) is 35.6 Å². The highest BCUT2D eigenvalue weighted by atomic mass is 32.2. The number of anilines is 2. The van der Waals surface area contributed by atoms with Gasteiger partial charge in [0.2, 0.25) is 5.91 Å². The lowest BCUT2D eigenvalue weighted by molar-refractivity contribution is -0.134. The molecule has 0 aliphatic carbocycles. The van der Waals surface area contributed by atoms with Gasteiger partial charge in [0.05, 0.1) is 52.4 Å². The summed E-state index contributed by atoms with van der Waals surface area (Å²) in [4.78, 5) is 78.4. The summed E-state index contributed by atoms with van der Waals surface area (Å²) in [7, 11) is -2.15. The normalized spacial score (nSPS) is 20.7. The highest BCUT2D eigenvalue weighted by molar-refractivity contribution is 7.89. The second-order valence-electron chi connectivity index (χ2n) is 21.3. The van der Waals surface area contributed by atoms with E-state index in [1.807, 2.05) is 45.0 Å². The number of hydrogen-bond acceptors (Lipinski definition) is 16. The van der Waals surface area contributed by atoms with E-state index >= 15 is 4.39 Å². The Bertz CT molecular complexity index is 3800. The number of nitrogens with one attached hydrogen (secondary N) is 3. The van der Waals surface area contributed by atoms with Crippen molar-refractivity contribution in [2.24, 2.45) is 18.0 Å². The number of β-amino-alcohol motifs (C(OH)–C–C–N with tert-alkyl or cyclic N) is 1. The summed E-state index contributed by atoms with van der Waals surface area (Å²) in [5.41, 5.74) is 5.11. The Morgan fingerprint density at radius 3 is 2.58 bits per heavy atom. The van der Waals surface area contributed by atoms with Crippen LogP contribution in [0.4, 0.5) is 20.3 Å². The topological polar surface area (TPSA) is 251 Å². The fourth-order valence-electron chi connectivity index (χ4n) is 11.3. The van der Waals surface area contributed by atoms with Gasteiger partial charge in [-0.2, -0.15) is 0 Å². The smallest absolute Gasteiger partial charge is 0.274 e. The first-order chi connectivity index (χ1) is 37.6. The Morgan fingerprint density at radius 1 is 1.08 bits per heavy atom. The molecule has 5 atom stereocenters. The largest absolute Gasteiger partial charge is 0.474 e. The fourth-order valence-corrected chi connectivity index (χ4v) is 13.0. The average Bonchev–Trinajstić information content (AvgIpc) is 4.32. The number of fused-ring (bicyclic) bond motifs is 2. The van der Waals surface area contributed by atoms with Gasteiger partial charge in [-0.05, 0) is 65.7 Å². The van der Waals surface area contributed by atoms with Crippen LogP contribution >= 0.6 is 11.3 Å². The summed E-state index contributed by atoms with van der Waals surface area (Å²) >= 11 is 1.54. The lowest BCUT2D eigenvalue weighted by atomic mass is 9.91. The Hall–Kier alpha value is -7.67. The maximum Gasteiger partial charge on any atom is 0.274 e. The molecule has 9 heterocycles. The van der Waals surface area contributed by atoms with Gasteiger partial charge < -0.3 is 44.4 Å². The monoisotopic (exact) mass is 1120 g/mol. The molecule has 7 aromatic rings. The molecule has 0 radical (unpaired) electrons. The van der Waals surface area contributed by atoms with Gasteiger partial charge in [-0.15, -0.1) is 11.3 Å². The van der Waals surface area contributed by atoms with Crippen molar-refractivity contribution in [2.75, 3.05) is 43.9 Å². The van der Waals surface area contributed by atoms with Gasteiger partial charge in [0.15, 0.2) is 32.8 Å². The molecule has 79 heavy (non-hydrogen) atoms. The Labute approximate surface area is 456 Å². The predicted octanol–water partition coefficient (Wildman–Crippen LogP) is 5.85. The number of nitrogens with zero attached hydrogens (tertiary/aromatic N) is 8. The minimum Gasteiger partial charge on any atom is -0.474 e. The molecule has 20 nitrogen and oxygen atoms in total. The third-order valence-electron chi connectivity index (χ3n) is 15.3. The second-order valence-corrected chi connectivity index (χ2v) is 24.3. The Kier molecular flexibility index (Phi) is 13.9. The standard InChI is InChI=1S/C55H57F2N11O9S2/c1-28(2)45(52(71)68-24-36(69)17-42(68)49-62-54(73)55(4,63-49)33-9-7-30(8-10-33)48-29(3)60-27-78-48)43-19-44(64-77-43)76-14-13-66-12-11-35(23-66)61-51(70)37-18-41-38(15-31(37)26-79(6,74)75)39-25-65(5)53(72)47-46(39)32(20-58-47)22-67(41)50-40(57)16-34(56)21-59-50/h7-10,15-16,18-21,25,27-28,35-36,42,45,58,69H,11-14,17,22-24,26H2,1-6H3,(H,61,70)(H,62,63,73)/t35-,36+,42-,45?,55+/m0/s1. The van der Waals surface area contributed by atoms with Crippen LogP contribution in [0.25, 0.3) is 32.5 Å². The van der Waals surface area contributed by atoms with Gasteiger partial charge in [0.25, 0.3) is 23.3 Å². The molecule has 0 spiro atoms. The number of halogens is 2. The zero-order chi connectivity index (χ0) is 55.8. The second kappa shape index (κ2) is 20.5. The summed E-state index contributed by atoms with van der Waals surface area (Å²) < 4.78 is 69.0. The van der Waals surface area contributed by atoms with Gasteiger partial charge in [0, 0.05) is 98.5 Å². The average molecular weight is 1120 g/mol. The number of sulfone groups is 1. The van der Waals surface area contributed by atoms with E-state index in [4.69, 9.17) is 14.3 Å². The van der Waals surface area contributed by atoms with Crippen LogP contribution < -0.4 is 25.8 Å². The van der Waals surface area contributed by atoms with Gasteiger partial charge in [-0.25, -0.2) is 32.2 Å². The number of benzene rings is 2. The maximum absolute atomic E-state index is 15.7. The molecule has 0 bridgehead atoms. The molecule has 2 aromatic carbocycles. The molecule has 4 aliphatic heterocycles. The van der Waals surface area contributed by atoms with E-state index in [-0.39, 0.29) is 89.6 Å². The van der Waals surface area contributed by atoms with E-state index in [9.17, 15) is 37.1 Å². The van der Waals surface area contributed by atoms with E-state index < -0.39 is 56.7 Å². The first-order valence-corrected chi connectivity index (χ1v) is 28.7. The van der Waals surface area contributed by atoms with Crippen LogP contribution in [-0.2, 0) is 44.3 Å². The van der Waals surface area contributed by atoms with Crippen molar-refractivity contribution in [3.8, 4) is 27.4 Å². The number of rotatable bonds is 15. The SMILES string of the molecule is Cc1ncsc1-c1ccc([C@@]2(C)N=C([C@@H]3C[C@@H](O)CN3C(=O)C(c3cc(OCCN4CC[C@H](NC(=O)c5cc6c(cc5CS(C)(=O)=O)-c5cn(C)c(=O)c7[nH]cc(c57)CN6c5ncc(F)cc5F)C4)no3)C(C)C)NC2=O)cc1. The molecule has 4 aliphatic rings. The van der Waals surface area contributed by atoms with Gasteiger partial charge in [-0.3, -0.25) is 24.1 Å². The van der Waals surface area contributed by atoms with Crippen LogP contribution in [0.1, 0.15) is 78.0 Å². The molecule has 11 rings (SSSR count). The number of carbonyl (C=O) groups excluding carboxylic acids is 3. The highest BCUT2D eigenvalue weighted by Crippen LogP contribution is 2.45. The number of aromatic amines is 1. The quantitative estimate of drug-likeness (QED) is 0.0941. The van der Waals surface area contributed by atoms with Gasteiger partial charge in [0.1, 0.15) is 29.7 Å². The maximum atomic E-state index is 15.7. The molecule has 412 valence electrons. The number of aliphatic hydroxyl groups is 1. The van der Waals surface area contributed by atoms with Crippen molar-refractivity contribution < 1.29 is 45.9 Å². The van der Waals surface area contributed by atoms with Crippen LogP contribution in [0.2, 0.25) is 0 Å². The van der Waals surface area contributed by atoms with Crippen LogP contribution in [0.5, 0.6) is 5.88 Å². The number of pyridine rings is 2. The number of carbonyl (C=O) groups is 3. The minimum atomic E-state index is -3.72. The number of aryl methyl sites for hydroxylation is 2. The van der Waals surface area contributed by atoms with E-state index in [0.29, 0.717) is 71.3 Å². The third kappa shape index (κ3) is 10.1. The van der Waals surface area contributed by atoms with Crippen molar-refractivity contribution >= 4 is 67.1 Å². The number of aliphatic imine (C=N–C) groups is 1. The lowest BCUT2D eigenvalue weighted by Gasteiger charge is -2.29. The first-order valence-electron chi connectivity index (χ1n) is 25.8. The zero-order valence-corrected chi connectivity index (χ0v) is 45.7. The van der Waals surface area contributed by atoms with Crippen molar-refractivity contribution in [3.05, 3.63) is 128 Å². The van der Waals surface area contributed by atoms with E-state index in [0.717, 1.165) is 28.6 Å². The number of amides is 3. The van der Waals surface area contributed by atoms with Crippen LogP contribution in [0, 0.1) is 24.5 Å². The molecular formula is C55H57F2N11O9S2. The molecule has 5 aromatic heterocycles. The number of hydrogen-bond donors (Lipinski definition) is 4. The van der Waals surface area contributed by atoms with E-state index in [1.54, 1.807) is 48.9 Å². The lowest BCUT2D eigenvalue weighted by Crippen LogP contribution is -2.48. The summed E-state index contributed by atoms with van der Waals surface area (Å²) in [6.45, 7) is 9.03. The number of thiazole rings is 1. The van der Waals surface area contributed by atoms with Crippen LogP contribution in [-0.4, -0.2) is 129 Å². The van der Waals surface area contributed by atoms with Gasteiger partial charge in [-0.1, -0.05) is 38.1 Å².